The Labute approximate surface area is 140 Å². The summed E-state index contributed by atoms with van der Waals surface area (Å²) in [7, 11) is 0. The van der Waals surface area contributed by atoms with Gasteiger partial charge < -0.3 is 10.6 Å². The monoisotopic (exact) mass is 324 g/mol. The number of amides is 1. The number of hydrogen-bond acceptors (Lipinski definition) is 4. The van der Waals surface area contributed by atoms with Crippen molar-refractivity contribution in [1.29, 1.82) is 10.5 Å². The fourth-order valence-corrected chi connectivity index (χ4v) is 2.42. The molecule has 0 spiro atoms. The molecular formula is C18H17FN4O. The molecule has 1 fully saturated rings. The van der Waals surface area contributed by atoms with Gasteiger partial charge in [0.15, 0.2) is 0 Å². The van der Waals surface area contributed by atoms with E-state index in [1.54, 1.807) is 12.1 Å². The molecule has 1 aromatic carbocycles. The smallest absolute Gasteiger partial charge is 0.238 e. The number of carbonyl (C=O) groups excluding carboxylic acids is 1. The summed E-state index contributed by atoms with van der Waals surface area (Å²) >= 11 is 0. The molecule has 0 aromatic heterocycles. The number of halogens is 1. The molecule has 1 aromatic rings. The van der Waals surface area contributed by atoms with E-state index in [1.165, 1.54) is 12.1 Å². The van der Waals surface area contributed by atoms with Gasteiger partial charge in [-0.2, -0.15) is 10.5 Å². The summed E-state index contributed by atoms with van der Waals surface area (Å²) in [4.78, 5) is 12.1. The molecule has 6 heteroatoms. The normalized spacial score (nSPS) is 17.5. The van der Waals surface area contributed by atoms with Gasteiger partial charge in [-0.05, 0) is 37.6 Å². The van der Waals surface area contributed by atoms with Crippen LogP contribution in [0.3, 0.4) is 0 Å². The summed E-state index contributed by atoms with van der Waals surface area (Å²) in [5, 5.41) is 23.6. The fraction of sp³-hybridized carbons (Fsp3) is 0.389. The van der Waals surface area contributed by atoms with Crippen molar-refractivity contribution < 1.29 is 9.18 Å². The number of carbonyl (C=O) groups is 1. The van der Waals surface area contributed by atoms with Crippen LogP contribution in [0.2, 0.25) is 0 Å². The molecule has 2 rings (SSSR count). The molecule has 1 aliphatic rings. The van der Waals surface area contributed by atoms with Crippen LogP contribution >= 0.6 is 0 Å². The van der Waals surface area contributed by atoms with Crippen molar-refractivity contribution in [2.24, 2.45) is 0 Å². The highest BCUT2D eigenvalue weighted by atomic mass is 19.1. The Bertz CT molecular complexity index is 745. The van der Waals surface area contributed by atoms with Crippen LogP contribution in [0.4, 0.5) is 4.39 Å². The molecule has 5 nitrogen and oxygen atoms in total. The maximum atomic E-state index is 13.5. The fourth-order valence-electron chi connectivity index (χ4n) is 2.42. The number of benzene rings is 1. The number of rotatable bonds is 3. The van der Waals surface area contributed by atoms with Crippen LogP contribution in [0, 0.1) is 40.3 Å². The molecule has 1 aliphatic heterocycles. The van der Waals surface area contributed by atoms with Crippen molar-refractivity contribution in [2.45, 2.75) is 37.8 Å². The summed E-state index contributed by atoms with van der Waals surface area (Å²) in [5.74, 6) is 4.69. The quantitative estimate of drug-likeness (QED) is 0.826. The zero-order valence-corrected chi connectivity index (χ0v) is 13.1. The maximum absolute atomic E-state index is 13.5. The van der Waals surface area contributed by atoms with E-state index in [2.05, 4.69) is 22.5 Å². The predicted molar refractivity (Wildman–Crippen MR) is 85.8 cm³/mol. The highest BCUT2D eigenvalue weighted by molar-refractivity contribution is 5.82. The van der Waals surface area contributed by atoms with E-state index in [4.69, 9.17) is 10.5 Å². The molecule has 1 saturated heterocycles. The first-order valence-electron chi connectivity index (χ1n) is 7.76. The Kier molecular flexibility index (Phi) is 6.32. The second-order valence-corrected chi connectivity index (χ2v) is 5.51. The standard InChI is InChI=1S/C18H17FN4O/c19-16-10-13(7-8-14(16)11-20)4-3-5-15(12-21)23-18(24)17-6-1-2-9-22-17/h7-8,10,15,17,22H,1-2,5-6,9H2,(H,23,24)/t15-,17-/m0/s1. The largest absolute Gasteiger partial charge is 0.338 e. The minimum Gasteiger partial charge on any atom is -0.338 e. The van der Waals surface area contributed by atoms with Crippen LogP contribution in [-0.2, 0) is 4.79 Å². The Balaban J connectivity index is 1.92. The van der Waals surface area contributed by atoms with E-state index < -0.39 is 11.9 Å². The molecule has 1 amide bonds. The van der Waals surface area contributed by atoms with E-state index in [0.717, 1.165) is 25.8 Å². The van der Waals surface area contributed by atoms with Crippen molar-refractivity contribution in [1.82, 2.24) is 10.6 Å². The van der Waals surface area contributed by atoms with Gasteiger partial charge in [0.05, 0.1) is 17.7 Å². The van der Waals surface area contributed by atoms with Gasteiger partial charge in [0.25, 0.3) is 0 Å². The van der Waals surface area contributed by atoms with Gasteiger partial charge in [0, 0.05) is 12.0 Å². The molecule has 2 N–H and O–H groups in total. The van der Waals surface area contributed by atoms with E-state index in [9.17, 15) is 9.18 Å². The summed E-state index contributed by atoms with van der Waals surface area (Å²) in [6, 6.07) is 6.86. The van der Waals surface area contributed by atoms with Crippen LogP contribution in [-0.4, -0.2) is 24.5 Å². The van der Waals surface area contributed by atoms with Crippen molar-refractivity contribution in [3.8, 4) is 24.0 Å². The predicted octanol–water partition coefficient (Wildman–Crippen LogP) is 1.59. The van der Waals surface area contributed by atoms with Crippen molar-refractivity contribution in [2.75, 3.05) is 6.54 Å². The highest BCUT2D eigenvalue weighted by Gasteiger charge is 2.22. The number of nitriles is 2. The zero-order valence-electron chi connectivity index (χ0n) is 13.1. The average molecular weight is 324 g/mol. The third-order valence-electron chi connectivity index (χ3n) is 3.73. The second-order valence-electron chi connectivity index (χ2n) is 5.51. The number of nitrogens with zero attached hydrogens (tertiary/aromatic N) is 2. The zero-order chi connectivity index (χ0) is 17.4. The Morgan fingerprint density at radius 3 is 2.88 bits per heavy atom. The molecule has 0 unspecified atom stereocenters. The Hall–Kier alpha value is -2.88. The first-order valence-corrected chi connectivity index (χ1v) is 7.76. The Morgan fingerprint density at radius 1 is 1.42 bits per heavy atom. The minimum atomic E-state index is -0.711. The van der Waals surface area contributed by atoms with Gasteiger partial charge in [-0.3, -0.25) is 4.79 Å². The Morgan fingerprint density at radius 2 is 2.25 bits per heavy atom. The highest BCUT2D eigenvalue weighted by Crippen LogP contribution is 2.09. The molecule has 0 saturated carbocycles. The number of piperidine rings is 1. The summed E-state index contributed by atoms with van der Waals surface area (Å²) in [6.07, 6.45) is 2.96. The first-order chi connectivity index (χ1) is 11.6. The molecule has 24 heavy (non-hydrogen) atoms. The van der Waals surface area contributed by atoms with Gasteiger partial charge in [0.2, 0.25) is 5.91 Å². The molecule has 1 heterocycles. The van der Waals surface area contributed by atoms with Gasteiger partial charge in [-0.15, -0.1) is 0 Å². The lowest BCUT2D eigenvalue weighted by Gasteiger charge is -2.23. The molecule has 2 atom stereocenters. The average Bonchev–Trinajstić information content (AvgIpc) is 2.61. The third kappa shape index (κ3) is 4.81. The van der Waals surface area contributed by atoms with Crippen molar-refractivity contribution in [3.63, 3.8) is 0 Å². The molecule has 0 bridgehead atoms. The van der Waals surface area contributed by atoms with Crippen LogP contribution in [0.25, 0.3) is 0 Å². The molecule has 0 aliphatic carbocycles. The lowest BCUT2D eigenvalue weighted by Crippen LogP contribution is -2.49. The summed E-state index contributed by atoms with van der Waals surface area (Å²) in [6.45, 7) is 0.805. The molecule has 122 valence electrons. The van der Waals surface area contributed by atoms with Gasteiger partial charge in [-0.1, -0.05) is 18.3 Å². The van der Waals surface area contributed by atoms with Gasteiger partial charge >= 0.3 is 0 Å². The summed E-state index contributed by atoms with van der Waals surface area (Å²) < 4.78 is 13.5. The van der Waals surface area contributed by atoms with Crippen LogP contribution in [0.15, 0.2) is 18.2 Å². The van der Waals surface area contributed by atoms with E-state index in [1.807, 2.05) is 6.07 Å². The van der Waals surface area contributed by atoms with Crippen molar-refractivity contribution in [3.05, 3.63) is 35.1 Å². The molecule has 0 radical (unpaired) electrons. The minimum absolute atomic E-state index is 0.0392. The second kappa shape index (κ2) is 8.67. The lowest BCUT2D eigenvalue weighted by molar-refractivity contribution is -0.124. The third-order valence-corrected chi connectivity index (χ3v) is 3.73. The van der Waals surface area contributed by atoms with Crippen molar-refractivity contribution >= 4 is 5.91 Å². The SMILES string of the molecule is N#Cc1ccc(C#CC[C@@H](C#N)NC(=O)[C@@H]2CCCCN2)cc1F. The number of hydrogen-bond donors (Lipinski definition) is 2. The maximum Gasteiger partial charge on any atom is 0.238 e. The summed E-state index contributed by atoms with van der Waals surface area (Å²) in [5.41, 5.74) is 0.381. The topological polar surface area (TPSA) is 88.7 Å². The van der Waals surface area contributed by atoms with Crippen LogP contribution in [0.1, 0.15) is 36.8 Å². The van der Waals surface area contributed by atoms with Gasteiger partial charge in [-0.25, -0.2) is 4.39 Å². The van der Waals surface area contributed by atoms with Gasteiger partial charge in [0.1, 0.15) is 17.9 Å². The van der Waals surface area contributed by atoms with E-state index in [0.29, 0.717) is 5.56 Å². The lowest BCUT2D eigenvalue weighted by atomic mass is 10.0. The first kappa shape index (κ1) is 17.5. The number of nitrogens with one attached hydrogen (secondary N) is 2. The van der Waals surface area contributed by atoms with Crippen LogP contribution in [0.5, 0.6) is 0 Å². The molecular weight excluding hydrogens is 307 g/mol. The van der Waals surface area contributed by atoms with Crippen LogP contribution < -0.4 is 10.6 Å². The van der Waals surface area contributed by atoms with E-state index >= 15 is 0 Å². The van der Waals surface area contributed by atoms with E-state index in [-0.39, 0.29) is 23.9 Å².